The molecule has 0 atom stereocenters. The van der Waals surface area contributed by atoms with Crippen LogP contribution in [0.2, 0.25) is 0 Å². The van der Waals surface area contributed by atoms with E-state index in [1.54, 1.807) is 0 Å². The molecule has 0 unspecified atom stereocenters. The average molecular weight is 482 g/mol. The number of para-hydroxylation sites is 1. The Balaban J connectivity index is 2.05. The number of aromatic nitrogens is 2. The molecule has 0 aliphatic heterocycles. The lowest BCUT2D eigenvalue weighted by atomic mass is 9.83. The van der Waals surface area contributed by atoms with Crippen molar-refractivity contribution in [1.29, 1.82) is 0 Å². The summed E-state index contributed by atoms with van der Waals surface area (Å²) >= 11 is 0. The highest BCUT2D eigenvalue weighted by molar-refractivity contribution is 5.73. The van der Waals surface area contributed by atoms with E-state index >= 15 is 0 Å². The SMILES string of the molecule is CC(C)c1cc(C(C)C)c(-c2cccc3c[n+](-c4c(C(C)C)cccc4C(C)C)cn23)c(C(C)C)c1. The van der Waals surface area contributed by atoms with Crippen molar-refractivity contribution < 1.29 is 4.57 Å². The fourth-order valence-corrected chi connectivity index (χ4v) is 5.46. The van der Waals surface area contributed by atoms with Crippen molar-refractivity contribution in [3.05, 3.63) is 88.9 Å². The summed E-state index contributed by atoms with van der Waals surface area (Å²) in [5.41, 5.74) is 12.4. The van der Waals surface area contributed by atoms with Gasteiger partial charge in [0.15, 0.2) is 5.52 Å². The zero-order chi connectivity index (χ0) is 26.3. The summed E-state index contributed by atoms with van der Waals surface area (Å²) in [7, 11) is 0. The molecule has 0 aliphatic rings. The lowest BCUT2D eigenvalue weighted by Gasteiger charge is -2.22. The minimum absolute atomic E-state index is 0.448. The van der Waals surface area contributed by atoms with E-state index in [0.29, 0.717) is 29.6 Å². The Kier molecular flexibility index (Phi) is 7.46. The highest BCUT2D eigenvalue weighted by Crippen LogP contribution is 2.39. The quantitative estimate of drug-likeness (QED) is 0.232. The zero-order valence-electron chi connectivity index (χ0n) is 24.1. The summed E-state index contributed by atoms with van der Waals surface area (Å²) in [6.45, 7) is 23.1. The summed E-state index contributed by atoms with van der Waals surface area (Å²) in [5, 5.41) is 0. The monoisotopic (exact) mass is 481 g/mol. The molecule has 0 fully saturated rings. The van der Waals surface area contributed by atoms with Gasteiger partial charge < -0.3 is 0 Å². The molecule has 2 heteroatoms. The fourth-order valence-electron chi connectivity index (χ4n) is 5.46. The largest absolute Gasteiger partial charge is 0.254 e. The van der Waals surface area contributed by atoms with Crippen LogP contribution in [0.4, 0.5) is 0 Å². The molecule has 0 N–H and O–H groups in total. The third kappa shape index (κ3) is 4.75. The summed E-state index contributed by atoms with van der Waals surface area (Å²) in [4.78, 5) is 0. The van der Waals surface area contributed by atoms with Crippen LogP contribution < -0.4 is 4.57 Å². The lowest BCUT2D eigenvalue weighted by molar-refractivity contribution is -0.595. The zero-order valence-corrected chi connectivity index (χ0v) is 24.1. The highest BCUT2D eigenvalue weighted by atomic mass is 15.1. The van der Waals surface area contributed by atoms with E-state index in [1.165, 1.54) is 50.3 Å². The van der Waals surface area contributed by atoms with Gasteiger partial charge in [0, 0.05) is 16.7 Å². The van der Waals surface area contributed by atoms with E-state index < -0.39 is 0 Å². The van der Waals surface area contributed by atoms with Crippen LogP contribution >= 0.6 is 0 Å². The predicted octanol–water partition coefficient (Wildman–Crippen LogP) is 9.50. The number of fused-ring (bicyclic) bond motifs is 1. The number of pyridine rings is 1. The van der Waals surface area contributed by atoms with E-state index in [9.17, 15) is 0 Å². The Morgan fingerprint density at radius 2 is 1.08 bits per heavy atom. The maximum atomic E-state index is 2.46. The maximum Gasteiger partial charge on any atom is 0.254 e. The van der Waals surface area contributed by atoms with Crippen LogP contribution in [0.3, 0.4) is 0 Å². The van der Waals surface area contributed by atoms with Crippen molar-refractivity contribution in [2.75, 3.05) is 0 Å². The molecule has 0 saturated carbocycles. The highest BCUT2D eigenvalue weighted by Gasteiger charge is 2.25. The second-order valence-corrected chi connectivity index (χ2v) is 12.0. The third-order valence-electron chi connectivity index (χ3n) is 7.56. The predicted molar refractivity (Wildman–Crippen MR) is 155 cm³/mol. The van der Waals surface area contributed by atoms with E-state index in [4.69, 9.17) is 0 Å². The van der Waals surface area contributed by atoms with Gasteiger partial charge in [0.2, 0.25) is 0 Å². The number of hydrogen-bond donors (Lipinski definition) is 0. The van der Waals surface area contributed by atoms with E-state index in [1.807, 2.05) is 0 Å². The molecular weight excluding hydrogens is 436 g/mol. The summed E-state index contributed by atoms with van der Waals surface area (Å²) in [6, 6.07) is 18.5. The van der Waals surface area contributed by atoms with Crippen LogP contribution in [-0.2, 0) is 0 Å². The van der Waals surface area contributed by atoms with E-state index in [-0.39, 0.29) is 0 Å². The van der Waals surface area contributed by atoms with Gasteiger partial charge in [-0.25, -0.2) is 4.57 Å². The van der Waals surface area contributed by atoms with Gasteiger partial charge in [-0.15, -0.1) is 0 Å². The maximum absolute atomic E-state index is 2.46. The standard InChI is InChI=1S/C34H45N2/c1-21(2)26-17-30(24(7)8)33(31(18-26)25(9)10)32-16-11-13-27-19-35(20-36(27)32)34-28(22(3)4)14-12-15-29(34)23(5)6/h11-25H,1-10H3/q+1. The smallest absolute Gasteiger partial charge is 0.201 e. The van der Waals surface area contributed by atoms with Gasteiger partial charge in [-0.2, -0.15) is 4.40 Å². The van der Waals surface area contributed by atoms with Gasteiger partial charge >= 0.3 is 0 Å². The Morgan fingerprint density at radius 3 is 1.56 bits per heavy atom. The molecule has 190 valence electrons. The number of nitrogens with zero attached hydrogens (tertiary/aromatic N) is 2. The fraction of sp³-hybridized carbons (Fsp3) is 0.441. The van der Waals surface area contributed by atoms with Crippen molar-refractivity contribution in [1.82, 2.24) is 4.40 Å². The first-order chi connectivity index (χ1) is 17.0. The summed E-state index contributed by atoms with van der Waals surface area (Å²) in [6.07, 6.45) is 4.62. The van der Waals surface area contributed by atoms with Gasteiger partial charge in [-0.05, 0) is 58.4 Å². The third-order valence-corrected chi connectivity index (χ3v) is 7.56. The minimum Gasteiger partial charge on any atom is -0.201 e. The molecule has 2 heterocycles. The van der Waals surface area contributed by atoms with Gasteiger partial charge in [0.25, 0.3) is 6.33 Å². The Hall–Kier alpha value is -2.87. The van der Waals surface area contributed by atoms with Crippen molar-refractivity contribution in [2.45, 2.75) is 98.8 Å². The molecule has 0 amide bonds. The molecule has 0 spiro atoms. The first kappa shape index (κ1) is 26.2. The molecule has 36 heavy (non-hydrogen) atoms. The molecule has 2 aromatic heterocycles. The van der Waals surface area contributed by atoms with Crippen molar-refractivity contribution in [2.24, 2.45) is 0 Å². The number of rotatable bonds is 7. The average Bonchev–Trinajstić information content (AvgIpc) is 3.26. The first-order valence-corrected chi connectivity index (χ1v) is 13.8. The van der Waals surface area contributed by atoms with Gasteiger partial charge in [-0.1, -0.05) is 106 Å². The van der Waals surface area contributed by atoms with Crippen LogP contribution in [0.1, 0.15) is 127 Å². The first-order valence-electron chi connectivity index (χ1n) is 13.8. The van der Waals surface area contributed by atoms with Gasteiger partial charge in [0.05, 0.1) is 0 Å². The van der Waals surface area contributed by atoms with E-state index in [2.05, 4.69) is 139 Å². The Morgan fingerprint density at radius 1 is 0.583 bits per heavy atom. The van der Waals surface area contributed by atoms with Gasteiger partial charge in [-0.3, -0.25) is 0 Å². The second kappa shape index (κ2) is 10.2. The van der Waals surface area contributed by atoms with Crippen LogP contribution in [0, 0.1) is 0 Å². The molecular formula is C34H45N2+. The Bertz CT molecular complexity index is 1310. The van der Waals surface area contributed by atoms with E-state index in [0.717, 1.165) is 0 Å². The molecule has 0 radical (unpaired) electrons. The molecule has 4 aromatic rings. The van der Waals surface area contributed by atoms with Crippen molar-refractivity contribution >= 4 is 5.52 Å². The number of hydrogen-bond acceptors (Lipinski definition) is 0. The van der Waals surface area contributed by atoms with Crippen LogP contribution in [0.15, 0.2) is 61.1 Å². The van der Waals surface area contributed by atoms with Crippen LogP contribution in [0.25, 0.3) is 22.5 Å². The number of benzene rings is 2. The van der Waals surface area contributed by atoms with Crippen LogP contribution in [-0.4, -0.2) is 4.40 Å². The van der Waals surface area contributed by atoms with Crippen LogP contribution in [0.5, 0.6) is 0 Å². The molecule has 4 rings (SSSR count). The molecule has 2 aromatic carbocycles. The second-order valence-electron chi connectivity index (χ2n) is 12.0. The molecule has 2 nitrogen and oxygen atoms in total. The van der Waals surface area contributed by atoms with Crippen molar-refractivity contribution in [3.63, 3.8) is 0 Å². The summed E-state index contributed by atoms with van der Waals surface area (Å²) in [5.74, 6) is 2.32. The normalized spacial score (nSPS) is 12.3. The topological polar surface area (TPSA) is 8.29 Å². The summed E-state index contributed by atoms with van der Waals surface area (Å²) < 4.78 is 4.78. The molecule has 0 saturated heterocycles. The number of imidazole rings is 1. The molecule has 0 bridgehead atoms. The lowest BCUT2D eigenvalue weighted by Crippen LogP contribution is -2.31. The Labute approximate surface area is 219 Å². The van der Waals surface area contributed by atoms with Crippen molar-refractivity contribution in [3.8, 4) is 16.9 Å². The molecule has 0 aliphatic carbocycles. The minimum atomic E-state index is 0.448. The van der Waals surface area contributed by atoms with Gasteiger partial charge in [0.1, 0.15) is 17.6 Å².